The molecule has 0 heterocycles. The molecule has 2 aromatic carbocycles. The number of hydrogen-bond donors (Lipinski definition) is 1. The van der Waals surface area contributed by atoms with Crippen molar-refractivity contribution in [2.45, 2.75) is 13.3 Å². The molecule has 0 unspecified atom stereocenters. The van der Waals surface area contributed by atoms with Gasteiger partial charge in [-0.15, -0.1) is 0 Å². The highest BCUT2D eigenvalue weighted by molar-refractivity contribution is 6.06. The molecular formula is C24H23N2O4-. The SMILES string of the molecule is CCN(C(=O)c1ccc(NC(=O)[C@@H]2[C@@H](C(=O)[O-])[C@H]3C=C[C@@H]2C3)cc1)c1ccccc1. The number of nitrogens with zero attached hydrogens (tertiary/aromatic N) is 1. The lowest BCUT2D eigenvalue weighted by Gasteiger charge is -2.27. The van der Waals surface area contributed by atoms with E-state index in [1.807, 2.05) is 49.4 Å². The molecule has 6 heteroatoms. The Morgan fingerprint density at radius 2 is 1.60 bits per heavy atom. The van der Waals surface area contributed by atoms with E-state index in [9.17, 15) is 19.5 Å². The number of carboxylic acids is 1. The Hall–Kier alpha value is -3.41. The van der Waals surface area contributed by atoms with Gasteiger partial charge >= 0.3 is 0 Å². The summed E-state index contributed by atoms with van der Waals surface area (Å²) in [5.74, 6) is -3.23. The third-order valence-corrected chi connectivity index (χ3v) is 6.06. The summed E-state index contributed by atoms with van der Waals surface area (Å²) in [6.07, 6.45) is 4.48. The quantitative estimate of drug-likeness (QED) is 0.751. The average Bonchev–Trinajstić information content (AvgIpc) is 3.37. The summed E-state index contributed by atoms with van der Waals surface area (Å²) in [5, 5.41) is 14.3. The molecule has 1 saturated carbocycles. The van der Waals surface area contributed by atoms with Crippen LogP contribution in [0.3, 0.4) is 0 Å². The monoisotopic (exact) mass is 403 g/mol. The fourth-order valence-corrected chi connectivity index (χ4v) is 4.63. The van der Waals surface area contributed by atoms with Crippen LogP contribution in [0.25, 0.3) is 0 Å². The van der Waals surface area contributed by atoms with E-state index in [2.05, 4.69) is 5.32 Å². The van der Waals surface area contributed by atoms with Crippen LogP contribution in [-0.2, 0) is 9.59 Å². The molecule has 2 aromatic rings. The van der Waals surface area contributed by atoms with E-state index in [1.54, 1.807) is 29.2 Å². The second kappa shape index (κ2) is 8.14. The zero-order valence-corrected chi connectivity index (χ0v) is 16.7. The molecule has 0 spiro atoms. The second-order valence-corrected chi connectivity index (χ2v) is 7.77. The standard InChI is InChI=1S/C24H24N2O4/c1-2-26(19-6-4-3-5-7-19)23(28)15-10-12-18(13-11-15)25-22(27)20-16-8-9-17(14-16)21(20)24(29)30/h3-13,16-17,20-21H,2,14H2,1H3,(H,25,27)(H,29,30)/p-1/t16-,17+,20+,21+/m1/s1. The highest BCUT2D eigenvalue weighted by Crippen LogP contribution is 2.48. The molecule has 2 aliphatic rings. The molecule has 2 aliphatic carbocycles. The van der Waals surface area contributed by atoms with E-state index >= 15 is 0 Å². The van der Waals surface area contributed by atoms with Crippen molar-refractivity contribution in [2.75, 3.05) is 16.8 Å². The van der Waals surface area contributed by atoms with Gasteiger partial charge in [0.15, 0.2) is 0 Å². The minimum absolute atomic E-state index is 0.0669. The van der Waals surface area contributed by atoms with Crippen molar-refractivity contribution in [3.8, 4) is 0 Å². The Balaban J connectivity index is 1.46. The summed E-state index contributed by atoms with van der Waals surface area (Å²) in [6, 6.07) is 16.1. The number of benzene rings is 2. The van der Waals surface area contributed by atoms with Gasteiger partial charge in [-0.1, -0.05) is 30.4 Å². The maximum atomic E-state index is 12.9. The zero-order valence-electron chi connectivity index (χ0n) is 16.7. The minimum Gasteiger partial charge on any atom is -0.550 e. The van der Waals surface area contributed by atoms with Crippen LogP contribution in [0.1, 0.15) is 23.7 Å². The van der Waals surface area contributed by atoms with E-state index in [-0.39, 0.29) is 23.7 Å². The van der Waals surface area contributed by atoms with Crippen molar-refractivity contribution >= 4 is 29.2 Å². The minimum atomic E-state index is -1.17. The van der Waals surface area contributed by atoms with Gasteiger partial charge in [-0.05, 0) is 61.6 Å². The molecule has 4 atom stereocenters. The Morgan fingerprint density at radius 1 is 0.967 bits per heavy atom. The number of nitrogens with one attached hydrogen (secondary N) is 1. The summed E-state index contributed by atoms with van der Waals surface area (Å²) >= 11 is 0. The first-order valence-corrected chi connectivity index (χ1v) is 10.2. The van der Waals surface area contributed by atoms with Gasteiger partial charge in [0.2, 0.25) is 5.91 Å². The number of fused-ring (bicyclic) bond motifs is 2. The maximum Gasteiger partial charge on any atom is 0.258 e. The van der Waals surface area contributed by atoms with Gasteiger partial charge < -0.3 is 20.1 Å². The van der Waals surface area contributed by atoms with Crippen LogP contribution in [0.2, 0.25) is 0 Å². The topological polar surface area (TPSA) is 89.5 Å². The molecular weight excluding hydrogens is 380 g/mol. The molecule has 0 aromatic heterocycles. The number of carbonyl (C=O) groups is 3. The first-order chi connectivity index (χ1) is 14.5. The number of para-hydroxylation sites is 1. The first-order valence-electron chi connectivity index (χ1n) is 10.2. The maximum absolute atomic E-state index is 12.9. The van der Waals surface area contributed by atoms with Crippen LogP contribution in [0.5, 0.6) is 0 Å². The number of hydrogen-bond acceptors (Lipinski definition) is 4. The van der Waals surface area contributed by atoms with Crippen molar-refractivity contribution < 1.29 is 19.5 Å². The molecule has 154 valence electrons. The second-order valence-electron chi connectivity index (χ2n) is 7.77. The van der Waals surface area contributed by atoms with Gasteiger partial charge in [0.1, 0.15) is 0 Å². The van der Waals surface area contributed by atoms with Gasteiger partial charge in [-0.25, -0.2) is 0 Å². The first kappa shape index (κ1) is 19.9. The Labute approximate surface area is 175 Å². The molecule has 0 aliphatic heterocycles. The number of anilines is 2. The molecule has 30 heavy (non-hydrogen) atoms. The van der Waals surface area contributed by atoms with Crippen molar-refractivity contribution in [3.05, 3.63) is 72.3 Å². The van der Waals surface area contributed by atoms with E-state index in [4.69, 9.17) is 0 Å². The van der Waals surface area contributed by atoms with Gasteiger partial charge in [0.25, 0.3) is 5.91 Å². The summed E-state index contributed by atoms with van der Waals surface area (Å²) < 4.78 is 0. The van der Waals surface area contributed by atoms with Crippen molar-refractivity contribution in [3.63, 3.8) is 0 Å². The van der Waals surface area contributed by atoms with Crippen molar-refractivity contribution in [1.29, 1.82) is 0 Å². The van der Waals surface area contributed by atoms with E-state index in [0.29, 0.717) is 24.2 Å². The average molecular weight is 403 g/mol. The lowest BCUT2D eigenvalue weighted by atomic mass is 9.82. The van der Waals surface area contributed by atoms with Crippen molar-refractivity contribution in [2.24, 2.45) is 23.7 Å². The van der Waals surface area contributed by atoms with E-state index in [0.717, 1.165) is 5.69 Å². The molecule has 1 N–H and O–H groups in total. The Kier molecular flexibility index (Phi) is 5.40. The van der Waals surface area contributed by atoms with Crippen LogP contribution in [0.15, 0.2) is 66.7 Å². The van der Waals surface area contributed by atoms with Crippen LogP contribution in [-0.4, -0.2) is 24.3 Å². The van der Waals surface area contributed by atoms with E-state index < -0.39 is 17.8 Å². The molecule has 4 rings (SSSR count). The number of amides is 2. The molecule has 1 fully saturated rings. The highest BCUT2D eigenvalue weighted by atomic mass is 16.4. The molecule has 0 radical (unpaired) electrons. The van der Waals surface area contributed by atoms with E-state index in [1.165, 1.54) is 0 Å². The van der Waals surface area contributed by atoms with Crippen LogP contribution in [0, 0.1) is 23.7 Å². The number of aliphatic carboxylic acids is 1. The van der Waals surface area contributed by atoms with Gasteiger partial charge in [0.05, 0.1) is 5.92 Å². The lowest BCUT2D eigenvalue weighted by Crippen LogP contribution is -2.42. The van der Waals surface area contributed by atoms with Crippen LogP contribution >= 0.6 is 0 Å². The largest absolute Gasteiger partial charge is 0.550 e. The van der Waals surface area contributed by atoms with Gasteiger partial charge in [-0.3, -0.25) is 9.59 Å². The normalized spacial score (nSPS) is 23.9. The summed E-state index contributed by atoms with van der Waals surface area (Å²) in [6.45, 7) is 2.45. The number of allylic oxidation sites excluding steroid dienone is 2. The van der Waals surface area contributed by atoms with Crippen LogP contribution < -0.4 is 15.3 Å². The smallest absolute Gasteiger partial charge is 0.258 e. The van der Waals surface area contributed by atoms with Crippen LogP contribution in [0.4, 0.5) is 11.4 Å². The fourth-order valence-electron chi connectivity index (χ4n) is 4.63. The van der Waals surface area contributed by atoms with Crippen molar-refractivity contribution in [1.82, 2.24) is 0 Å². The Bertz CT molecular complexity index is 984. The summed E-state index contributed by atoms with van der Waals surface area (Å²) in [5.41, 5.74) is 1.86. The molecule has 0 saturated heterocycles. The molecule has 2 bridgehead atoms. The summed E-state index contributed by atoms with van der Waals surface area (Å²) in [4.78, 5) is 38.8. The molecule has 6 nitrogen and oxygen atoms in total. The van der Waals surface area contributed by atoms with Gasteiger partial charge in [-0.2, -0.15) is 0 Å². The lowest BCUT2D eigenvalue weighted by molar-refractivity contribution is -0.313. The third-order valence-electron chi connectivity index (χ3n) is 6.06. The summed E-state index contributed by atoms with van der Waals surface area (Å²) in [7, 11) is 0. The predicted molar refractivity (Wildman–Crippen MR) is 112 cm³/mol. The molecule has 2 amide bonds. The fraction of sp³-hybridized carbons (Fsp3) is 0.292. The number of carbonyl (C=O) groups excluding carboxylic acids is 3. The zero-order chi connectivity index (χ0) is 21.3. The Morgan fingerprint density at radius 3 is 2.20 bits per heavy atom. The predicted octanol–water partition coefficient (Wildman–Crippen LogP) is 2.48. The number of carboxylic acid groups (broad SMARTS) is 1. The third kappa shape index (κ3) is 3.61. The highest BCUT2D eigenvalue weighted by Gasteiger charge is 2.48. The van der Waals surface area contributed by atoms with Gasteiger partial charge in [0, 0.05) is 35.4 Å². The number of rotatable bonds is 6.